The molecule has 5 N–H and O–H groups in total. The van der Waals surface area contributed by atoms with E-state index in [1.54, 1.807) is 12.1 Å². The van der Waals surface area contributed by atoms with Crippen LogP contribution in [0.4, 0.5) is 0 Å². The molecule has 0 aliphatic heterocycles. The maximum Gasteiger partial charge on any atom is 0.228 e. The first-order valence-corrected chi connectivity index (χ1v) is 10.1. The van der Waals surface area contributed by atoms with Crippen LogP contribution in [0.3, 0.4) is 0 Å². The quantitative estimate of drug-likeness (QED) is 0.545. The summed E-state index contributed by atoms with van der Waals surface area (Å²) in [6.07, 6.45) is 1.16. The molecule has 2 atom stereocenters. The molecular formula is C23H36N2O4. The topological polar surface area (TPSA) is 123 Å². The van der Waals surface area contributed by atoms with Crippen LogP contribution in [0.25, 0.3) is 0 Å². The Morgan fingerprint density at radius 3 is 2.07 bits per heavy atom. The fourth-order valence-electron chi connectivity index (χ4n) is 3.51. The molecule has 0 saturated heterocycles. The number of rotatable bonds is 9. The Bertz CT molecular complexity index is 757. The number of phenols is 1. The molecule has 1 aromatic rings. The zero-order valence-electron chi connectivity index (χ0n) is 18.5. The lowest BCUT2D eigenvalue weighted by Crippen LogP contribution is -2.35. The van der Waals surface area contributed by atoms with E-state index in [4.69, 9.17) is 11.5 Å². The van der Waals surface area contributed by atoms with Gasteiger partial charge in [0.2, 0.25) is 11.8 Å². The Morgan fingerprint density at radius 2 is 1.62 bits per heavy atom. The van der Waals surface area contributed by atoms with Crippen molar-refractivity contribution >= 4 is 17.6 Å². The zero-order chi connectivity index (χ0) is 22.6. The highest BCUT2D eigenvalue weighted by Gasteiger charge is 2.35. The monoisotopic (exact) mass is 404 g/mol. The molecule has 2 amide bonds. The van der Waals surface area contributed by atoms with E-state index in [0.29, 0.717) is 12.8 Å². The van der Waals surface area contributed by atoms with Gasteiger partial charge in [-0.2, -0.15) is 0 Å². The van der Waals surface area contributed by atoms with Gasteiger partial charge in [0.15, 0.2) is 5.78 Å². The first-order valence-electron chi connectivity index (χ1n) is 10.1. The van der Waals surface area contributed by atoms with Gasteiger partial charge >= 0.3 is 0 Å². The third-order valence-electron chi connectivity index (χ3n) is 4.99. The van der Waals surface area contributed by atoms with Gasteiger partial charge in [0, 0.05) is 12.3 Å². The highest BCUT2D eigenvalue weighted by molar-refractivity contribution is 6.03. The minimum absolute atomic E-state index is 0.106. The summed E-state index contributed by atoms with van der Waals surface area (Å²) in [5.74, 6) is -2.75. The minimum atomic E-state index is -0.978. The molecule has 0 aliphatic rings. The summed E-state index contributed by atoms with van der Waals surface area (Å²) in [6, 6.07) is 5.19. The van der Waals surface area contributed by atoms with Crippen molar-refractivity contribution in [2.75, 3.05) is 0 Å². The first-order chi connectivity index (χ1) is 13.1. The summed E-state index contributed by atoms with van der Waals surface area (Å²) in [4.78, 5) is 36.5. The van der Waals surface area contributed by atoms with Crippen molar-refractivity contribution in [2.24, 2.45) is 22.8 Å². The maximum atomic E-state index is 13.4. The Morgan fingerprint density at radius 1 is 1.03 bits per heavy atom. The average molecular weight is 405 g/mol. The van der Waals surface area contributed by atoms with Gasteiger partial charge in [0.1, 0.15) is 5.75 Å². The van der Waals surface area contributed by atoms with Crippen molar-refractivity contribution in [3.63, 3.8) is 0 Å². The number of amides is 2. The smallest absolute Gasteiger partial charge is 0.228 e. The van der Waals surface area contributed by atoms with Crippen molar-refractivity contribution in [1.29, 1.82) is 0 Å². The molecule has 0 fully saturated rings. The van der Waals surface area contributed by atoms with Crippen LogP contribution in [0.2, 0.25) is 0 Å². The maximum absolute atomic E-state index is 13.4. The van der Waals surface area contributed by atoms with Crippen LogP contribution in [-0.2, 0) is 19.8 Å². The van der Waals surface area contributed by atoms with Crippen LogP contribution >= 0.6 is 0 Å². The Balaban J connectivity index is 3.35. The highest BCUT2D eigenvalue weighted by atomic mass is 16.3. The number of carbonyl (C=O) groups is 3. The molecule has 0 bridgehead atoms. The van der Waals surface area contributed by atoms with E-state index in [2.05, 4.69) is 0 Å². The van der Waals surface area contributed by atoms with Gasteiger partial charge in [-0.1, -0.05) is 53.7 Å². The summed E-state index contributed by atoms with van der Waals surface area (Å²) in [6.45, 7) is 12.1. The van der Waals surface area contributed by atoms with E-state index in [1.165, 1.54) is 0 Å². The van der Waals surface area contributed by atoms with Gasteiger partial charge in [-0.15, -0.1) is 0 Å². The van der Waals surface area contributed by atoms with Gasteiger partial charge in [-0.25, -0.2) is 0 Å². The summed E-state index contributed by atoms with van der Waals surface area (Å²) in [5, 5.41) is 10.3. The van der Waals surface area contributed by atoms with E-state index in [9.17, 15) is 19.5 Å². The molecule has 0 aliphatic carbocycles. The minimum Gasteiger partial charge on any atom is -0.508 e. The van der Waals surface area contributed by atoms with E-state index < -0.39 is 23.7 Å². The Labute approximate surface area is 174 Å². The number of primary amides is 2. The molecular weight excluding hydrogens is 368 g/mol. The third-order valence-corrected chi connectivity index (χ3v) is 4.99. The fourth-order valence-corrected chi connectivity index (χ4v) is 3.51. The van der Waals surface area contributed by atoms with Crippen molar-refractivity contribution in [3.05, 3.63) is 29.3 Å². The predicted molar refractivity (Wildman–Crippen MR) is 114 cm³/mol. The molecule has 0 heterocycles. The van der Waals surface area contributed by atoms with Crippen LogP contribution in [0.15, 0.2) is 18.2 Å². The van der Waals surface area contributed by atoms with Gasteiger partial charge in [-0.05, 0) is 47.3 Å². The van der Waals surface area contributed by atoms with Crippen LogP contribution < -0.4 is 11.5 Å². The van der Waals surface area contributed by atoms with Gasteiger partial charge in [-0.3, -0.25) is 14.4 Å². The molecule has 29 heavy (non-hydrogen) atoms. The molecule has 0 aromatic heterocycles. The molecule has 2 unspecified atom stereocenters. The predicted octanol–water partition coefficient (Wildman–Crippen LogP) is 3.54. The van der Waals surface area contributed by atoms with Crippen LogP contribution in [0, 0.1) is 11.3 Å². The van der Waals surface area contributed by atoms with Gasteiger partial charge < -0.3 is 16.6 Å². The number of Topliss-reactive ketones (excluding diaryl/α,β-unsaturated/α-hetero) is 1. The number of aromatic hydroxyl groups is 1. The largest absolute Gasteiger partial charge is 0.508 e. The van der Waals surface area contributed by atoms with E-state index in [-0.39, 0.29) is 35.2 Å². The third kappa shape index (κ3) is 7.52. The number of nitrogens with two attached hydrogens (primary N) is 2. The highest BCUT2D eigenvalue weighted by Crippen LogP contribution is 2.38. The SMILES string of the molecule is CC(C)(C)CC(C(=O)C(CCCC(N)=O)C(N)=O)c1ccc(O)c(C(C)(C)C)c1. The van der Waals surface area contributed by atoms with E-state index in [1.807, 2.05) is 47.6 Å². The molecule has 6 nitrogen and oxygen atoms in total. The molecule has 0 radical (unpaired) electrons. The molecule has 0 saturated carbocycles. The lowest BCUT2D eigenvalue weighted by Gasteiger charge is -2.29. The van der Waals surface area contributed by atoms with Gasteiger partial charge in [0.25, 0.3) is 0 Å². The number of hydrogen-bond acceptors (Lipinski definition) is 4. The van der Waals surface area contributed by atoms with E-state index >= 15 is 0 Å². The second kappa shape index (κ2) is 9.42. The molecule has 162 valence electrons. The van der Waals surface area contributed by atoms with Crippen LogP contribution in [0.5, 0.6) is 5.75 Å². The van der Waals surface area contributed by atoms with Crippen molar-refractivity contribution in [1.82, 2.24) is 0 Å². The van der Waals surface area contributed by atoms with Crippen molar-refractivity contribution in [2.45, 2.75) is 78.6 Å². The molecule has 6 heteroatoms. The standard InChI is InChI=1S/C23H36N2O4/c1-22(2,3)13-16(14-10-11-18(26)17(12-14)23(4,5)6)20(28)15(21(25)29)8-7-9-19(24)27/h10-12,15-16,26H,7-9,13H2,1-6H3,(H2,24,27)(H2,25,29). The average Bonchev–Trinajstić information content (AvgIpc) is 2.54. The Kier molecular flexibility index (Phi) is 8.01. The first kappa shape index (κ1) is 24.7. The molecule has 1 aromatic carbocycles. The summed E-state index contributed by atoms with van der Waals surface area (Å²) < 4.78 is 0. The lowest BCUT2D eigenvalue weighted by molar-refractivity contribution is -0.134. The van der Waals surface area contributed by atoms with Crippen molar-refractivity contribution < 1.29 is 19.5 Å². The number of benzene rings is 1. The normalized spacial score (nSPS) is 14.3. The fraction of sp³-hybridized carbons (Fsp3) is 0.609. The number of ketones is 1. The number of hydrogen-bond donors (Lipinski definition) is 3. The number of carbonyl (C=O) groups excluding carboxylic acids is 3. The van der Waals surface area contributed by atoms with Crippen LogP contribution in [-0.4, -0.2) is 22.7 Å². The van der Waals surface area contributed by atoms with E-state index in [0.717, 1.165) is 11.1 Å². The lowest BCUT2D eigenvalue weighted by atomic mass is 9.74. The Hall–Kier alpha value is -2.37. The number of phenolic OH excluding ortho intramolecular Hbond substituents is 1. The summed E-state index contributed by atoms with van der Waals surface area (Å²) in [5.41, 5.74) is 11.7. The van der Waals surface area contributed by atoms with Gasteiger partial charge in [0.05, 0.1) is 5.92 Å². The van der Waals surface area contributed by atoms with Crippen molar-refractivity contribution in [3.8, 4) is 5.75 Å². The molecule has 1 rings (SSSR count). The van der Waals surface area contributed by atoms with Crippen LogP contribution in [0.1, 0.15) is 84.3 Å². The summed E-state index contributed by atoms with van der Waals surface area (Å²) in [7, 11) is 0. The zero-order valence-corrected chi connectivity index (χ0v) is 18.5. The summed E-state index contributed by atoms with van der Waals surface area (Å²) >= 11 is 0. The second-order valence-corrected chi connectivity index (χ2v) is 10.1. The second-order valence-electron chi connectivity index (χ2n) is 10.1. The molecule has 0 spiro atoms.